The van der Waals surface area contributed by atoms with Crippen molar-refractivity contribution in [2.45, 2.75) is 19.4 Å². The monoisotopic (exact) mass is 234 g/mol. The van der Waals surface area contributed by atoms with Crippen LogP contribution in [0.1, 0.15) is 18.4 Å². The van der Waals surface area contributed by atoms with Crippen LogP contribution in [0.4, 0.5) is 5.69 Å². The number of nitriles is 1. The molecule has 1 aliphatic rings. The average Bonchev–Trinajstić information content (AvgIpc) is 2.85. The van der Waals surface area contributed by atoms with E-state index >= 15 is 0 Å². The van der Waals surface area contributed by atoms with Crippen molar-refractivity contribution in [1.82, 2.24) is 9.78 Å². The Kier molecular flexibility index (Phi) is 3.40. The van der Waals surface area contributed by atoms with Crippen LogP contribution in [0.5, 0.6) is 0 Å². The Morgan fingerprint density at radius 1 is 1.47 bits per heavy atom. The summed E-state index contributed by atoms with van der Waals surface area (Å²) in [5.41, 5.74) is 0.311. The molecule has 0 aliphatic carbocycles. The van der Waals surface area contributed by atoms with E-state index in [1.165, 1.54) is 0 Å². The van der Waals surface area contributed by atoms with Gasteiger partial charge < -0.3 is 10.0 Å². The maximum atomic E-state index is 11.9. The highest BCUT2D eigenvalue weighted by Crippen LogP contribution is 2.20. The number of hydrogen-bond donors (Lipinski definition) is 1. The molecular formula is C11H14N4O2. The molecule has 6 heteroatoms. The van der Waals surface area contributed by atoms with Gasteiger partial charge in [-0.3, -0.25) is 4.79 Å². The van der Waals surface area contributed by atoms with E-state index in [4.69, 9.17) is 10.4 Å². The number of nitrogens with zero attached hydrogens (tertiary/aromatic N) is 4. The molecule has 0 saturated carbocycles. The van der Waals surface area contributed by atoms with Crippen LogP contribution in [-0.4, -0.2) is 34.6 Å². The van der Waals surface area contributed by atoms with Gasteiger partial charge >= 0.3 is 0 Å². The van der Waals surface area contributed by atoms with Gasteiger partial charge in [-0.15, -0.1) is 0 Å². The third-order valence-corrected chi connectivity index (χ3v) is 2.89. The van der Waals surface area contributed by atoms with E-state index in [0.29, 0.717) is 5.69 Å². The van der Waals surface area contributed by atoms with Crippen molar-refractivity contribution in [2.24, 2.45) is 0 Å². The van der Waals surface area contributed by atoms with Gasteiger partial charge in [-0.2, -0.15) is 10.4 Å². The maximum Gasteiger partial charge on any atom is 0.286 e. The summed E-state index contributed by atoms with van der Waals surface area (Å²) in [6.45, 7) is 1.67. The molecule has 1 N–H and O–H groups in total. The summed E-state index contributed by atoms with van der Waals surface area (Å²) >= 11 is 0. The zero-order valence-electron chi connectivity index (χ0n) is 9.46. The van der Waals surface area contributed by atoms with E-state index in [0.717, 1.165) is 30.6 Å². The fourth-order valence-corrected chi connectivity index (χ4v) is 2.04. The molecule has 0 spiro atoms. The van der Waals surface area contributed by atoms with Gasteiger partial charge in [0, 0.05) is 13.1 Å². The molecule has 0 atom stereocenters. The molecule has 1 aromatic heterocycles. The topological polar surface area (TPSA) is 82.2 Å². The Morgan fingerprint density at radius 2 is 2.18 bits per heavy atom. The molecule has 0 unspecified atom stereocenters. The van der Waals surface area contributed by atoms with Crippen LogP contribution in [0.3, 0.4) is 0 Å². The molecule has 0 radical (unpaired) electrons. The molecule has 0 bridgehead atoms. The minimum atomic E-state index is -0.425. The lowest BCUT2D eigenvalue weighted by atomic mass is 10.2. The lowest BCUT2D eigenvalue weighted by Gasteiger charge is -2.18. The van der Waals surface area contributed by atoms with Gasteiger partial charge in [0.05, 0.1) is 25.0 Å². The van der Waals surface area contributed by atoms with Gasteiger partial charge in [0.15, 0.2) is 0 Å². The summed E-state index contributed by atoms with van der Waals surface area (Å²) < 4.78 is 1.12. The van der Waals surface area contributed by atoms with E-state index in [9.17, 15) is 4.79 Å². The smallest absolute Gasteiger partial charge is 0.286 e. The Morgan fingerprint density at radius 3 is 2.76 bits per heavy atom. The number of aliphatic hydroxyl groups excluding tert-OH is 1. The van der Waals surface area contributed by atoms with Crippen molar-refractivity contribution in [3.05, 3.63) is 22.1 Å². The largest absolute Gasteiger partial charge is 0.394 e. The first-order valence-corrected chi connectivity index (χ1v) is 5.64. The number of hydrogen-bond acceptors (Lipinski definition) is 5. The second-order valence-corrected chi connectivity index (χ2v) is 3.96. The number of rotatable bonds is 3. The fraction of sp³-hybridized carbons (Fsp3) is 0.545. The van der Waals surface area contributed by atoms with E-state index in [1.54, 1.807) is 6.20 Å². The highest BCUT2D eigenvalue weighted by molar-refractivity contribution is 5.57. The Balaban J connectivity index is 2.44. The quantitative estimate of drug-likeness (QED) is 0.777. The predicted molar refractivity (Wildman–Crippen MR) is 61.7 cm³/mol. The van der Waals surface area contributed by atoms with E-state index in [1.807, 2.05) is 11.0 Å². The van der Waals surface area contributed by atoms with Crippen LogP contribution < -0.4 is 10.5 Å². The molecule has 6 nitrogen and oxygen atoms in total. The molecule has 2 heterocycles. The van der Waals surface area contributed by atoms with Crippen molar-refractivity contribution in [1.29, 1.82) is 5.26 Å². The summed E-state index contributed by atoms with van der Waals surface area (Å²) in [6.07, 6.45) is 3.69. The SMILES string of the molecule is N#Cc1c(N2CCCC2)cnn(CCO)c1=O. The molecule has 1 saturated heterocycles. The van der Waals surface area contributed by atoms with E-state index in [-0.39, 0.29) is 18.7 Å². The van der Waals surface area contributed by atoms with Crippen molar-refractivity contribution >= 4 is 5.69 Å². The van der Waals surface area contributed by atoms with Crippen LogP contribution in [0, 0.1) is 11.3 Å². The maximum absolute atomic E-state index is 11.9. The third kappa shape index (κ3) is 2.15. The summed E-state index contributed by atoms with van der Waals surface area (Å²) in [7, 11) is 0. The minimum absolute atomic E-state index is 0.119. The number of anilines is 1. The summed E-state index contributed by atoms with van der Waals surface area (Å²) in [4.78, 5) is 13.9. The van der Waals surface area contributed by atoms with Crippen molar-refractivity contribution < 1.29 is 5.11 Å². The van der Waals surface area contributed by atoms with E-state index < -0.39 is 5.56 Å². The van der Waals surface area contributed by atoms with Gasteiger partial charge in [-0.1, -0.05) is 0 Å². The van der Waals surface area contributed by atoms with Gasteiger partial charge in [0.1, 0.15) is 11.6 Å². The molecule has 17 heavy (non-hydrogen) atoms. The molecular weight excluding hydrogens is 220 g/mol. The molecule has 0 amide bonds. The first-order valence-electron chi connectivity index (χ1n) is 5.64. The second kappa shape index (κ2) is 4.97. The summed E-state index contributed by atoms with van der Waals surface area (Å²) in [5, 5.41) is 21.8. The predicted octanol–water partition coefficient (Wildman–Crippen LogP) is -0.293. The highest BCUT2D eigenvalue weighted by Gasteiger charge is 2.19. The molecule has 90 valence electrons. The normalized spacial score (nSPS) is 14.9. The molecule has 1 aliphatic heterocycles. The summed E-state index contributed by atoms with van der Waals surface area (Å²) in [5.74, 6) is 0. The van der Waals surface area contributed by atoms with Crippen molar-refractivity contribution in [3.63, 3.8) is 0 Å². The van der Waals surface area contributed by atoms with Crippen LogP contribution in [0.2, 0.25) is 0 Å². The first-order chi connectivity index (χ1) is 8.27. The van der Waals surface area contributed by atoms with E-state index in [2.05, 4.69) is 5.10 Å². The van der Waals surface area contributed by atoms with Gasteiger partial charge in [-0.05, 0) is 12.8 Å². The van der Waals surface area contributed by atoms with Crippen LogP contribution in [0.25, 0.3) is 0 Å². The van der Waals surface area contributed by atoms with Gasteiger partial charge in [-0.25, -0.2) is 4.68 Å². The van der Waals surface area contributed by atoms with Crippen molar-refractivity contribution in [2.75, 3.05) is 24.6 Å². The zero-order valence-corrected chi connectivity index (χ0v) is 9.46. The van der Waals surface area contributed by atoms with Gasteiger partial charge in [0.2, 0.25) is 0 Å². The van der Waals surface area contributed by atoms with Gasteiger partial charge in [0.25, 0.3) is 5.56 Å². The minimum Gasteiger partial charge on any atom is -0.394 e. The average molecular weight is 234 g/mol. The van der Waals surface area contributed by atoms with Crippen LogP contribution in [-0.2, 0) is 6.54 Å². The Labute approximate surface area is 98.7 Å². The lowest BCUT2D eigenvalue weighted by molar-refractivity contribution is 0.266. The Hall–Kier alpha value is -1.87. The van der Waals surface area contributed by atoms with Crippen LogP contribution >= 0.6 is 0 Å². The standard InChI is InChI=1S/C11H14N4O2/c12-7-9-10(14-3-1-2-4-14)8-13-15(5-6-16)11(9)17/h8,16H,1-6H2. The molecule has 1 aromatic rings. The first kappa shape index (κ1) is 11.6. The Bertz CT molecular complexity index is 497. The molecule has 2 rings (SSSR count). The third-order valence-electron chi connectivity index (χ3n) is 2.89. The number of aromatic nitrogens is 2. The zero-order chi connectivity index (χ0) is 12.3. The second-order valence-electron chi connectivity index (χ2n) is 3.96. The lowest BCUT2D eigenvalue weighted by Crippen LogP contribution is -2.30. The molecule has 0 aromatic carbocycles. The molecule has 1 fully saturated rings. The number of aliphatic hydroxyl groups is 1. The fourth-order valence-electron chi connectivity index (χ4n) is 2.04. The highest BCUT2D eigenvalue weighted by atomic mass is 16.3. The van der Waals surface area contributed by atoms with Crippen molar-refractivity contribution in [3.8, 4) is 6.07 Å². The summed E-state index contributed by atoms with van der Waals surface area (Å²) in [6, 6.07) is 1.94. The van der Waals surface area contributed by atoms with Crippen LogP contribution in [0.15, 0.2) is 11.0 Å².